The van der Waals surface area contributed by atoms with Crippen molar-refractivity contribution in [3.05, 3.63) is 10.8 Å². The lowest BCUT2D eigenvalue weighted by Gasteiger charge is -2.35. The first-order valence-electron chi connectivity index (χ1n) is 9.41. The molecule has 3 aliphatic rings. The normalized spacial score (nSPS) is 33.3. The number of halogens is 1. The smallest absolute Gasteiger partial charge is 0.226 e. The minimum Gasteiger partial charge on any atom is -0.395 e. The number of piperidine rings is 1. The Morgan fingerprint density at radius 2 is 2.11 bits per heavy atom. The van der Waals surface area contributed by atoms with Crippen molar-refractivity contribution in [1.29, 1.82) is 0 Å². The summed E-state index contributed by atoms with van der Waals surface area (Å²) < 4.78 is 12.2. The maximum absolute atomic E-state index is 12.5. The van der Waals surface area contributed by atoms with Crippen molar-refractivity contribution >= 4 is 35.0 Å². The first kappa shape index (κ1) is 19.2. The first-order valence-corrected chi connectivity index (χ1v) is 10.8. The summed E-state index contributed by atoms with van der Waals surface area (Å²) >= 11 is 7.89. The molecule has 2 saturated heterocycles. The fraction of sp³-hybridized carbons (Fsp3) is 0.722. The van der Waals surface area contributed by atoms with E-state index in [1.54, 1.807) is 11.8 Å². The number of nitrogen functional groups attached to an aromatic ring is 1. The predicted octanol–water partition coefficient (Wildman–Crippen LogP) is 2.86. The Kier molecular flexibility index (Phi) is 4.81. The number of thioether (sulfide) groups is 1. The monoisotopic (exact) mass is 412 g/mol. The van der Waals surface area contributed by atoms with E-state index in [9.17, 15) is 4.79 Å². The Labute approximate surface area is 168 Å². The third-order valence-electron chi connectivity index (χ3n) is 5.52. The van der Waals surface area contributed by atoms with Gasteiger partial charge in [-0.1, -0.05) is 43.1 Å². The zero-order chi connectivity index (χ0) is 19.4. The molecule has 1 amide bonds. The average Bonchev–Trinajstić information content (AvgIpc) is 3.20. The number of ether oxygens (including phenoxy) is 2. The minimum absolute atomic E-state index is 0.0520. The van der Waals surface area contributed by atoms with E-state index in [0.717, 1.165) is 25.0 Å². The zero-order valence-electron chi connectivity index (χ0n) is 15.8. The van der Waals surface area contributed by atoms with Gasteiger partial charge in [0.05, 0.1) is 17.3 Å². The van der Waals surface area contributed by atoms with Crippen molar-refractivity contribution in [3.8, 4) is 0 Å². The summed E-state index contributed by atoms with van der Waals surface area (Å²) in [6.07, 6.45) is 3.29. The van der Waals surface area contributed by atoms with Gasteiger partial charge in [-0.2, -0.15) is 0 Å². The molecule has 27 heavy (non-hydrogen) atoms. The van der Waals surface area contributed by atoms with Crippen molar-refractivity contribution in [2.45, 2.75) is 75.1 Å². The number of nitrogens with two attached hydrogens (primary N) is 1. The van der Waals surface area contributed by atoms with Gasteiger partial charge in [-0.3, -0.25) is 4.79 Å². The molecule has 1 saturated carbocycles. The number of aromatic nitrogens is 2. The highest BCUT2D eigenvalue weighted by Gasteiger charge is 2.70. The van der Waals surface area contributed by atoms with Gasteiger partial charge in [0, 0.05) is 5.75 Å². The molecule has 1 aromatic rings. The molecule has 148 valence electrons. The van der Waals surface area contributed by atoms with Gasteiger partial charge in [0.25, 0.3) is 0 Å². The molecule has 4 atom stereocenters. The van der Waals surface area contributed by atoms with Crippen LogP contribution in [-0.4, -0.2) is 39.6 Å². The fourth-order valence-corrected chi connectivity index (χ4v) is 5.42. The highest BCUT2D eigenvalue weighted by molar-refractivity contribution is 7.99. The van der Waals surface area contributed by atoms with Gasteiger partial charge in [0.1, 0.15) is 17.7 Å². The van der Waals surface area contributed by atoms with Crippen LogP contribution in [-0.2, 0) is 19.8 Å². The van der Waals surface area contributed by atoms with E-state index < -0.39 is 11.3 Å². The lowest BCUT2D eigenvalue weighted by atomic mass is 9.90. The second-order valence-electron chi connectivity index (χ2n) is 7.91. The molecule has 0 radical (unpaired) electrons. The SMILES string of the molecule is CCCCCSc1nc(Cl)c(N)c(C23CC(C(=O)N2)C2OC(C)(C)OC23)n1. The van der Waals surface area contributed by atoms with E-state index in [-0.39, 0.29) is 29.2 Å². The maximum atomic E-state index is 12.5. The quantitative estimate of drug-likeness (QED) is 0.320. The summed E-state index contributed by atoms with van der Waals surface area (Å²) in [4.78, 5) is 21.6. The second kappa shape index (κ2) is 6.76. The molecule has 2 bridgehead atoms. The van der Waals surface area contributed by atoms with Crippen molar-refractivity contribution in [2.75, 3.05) is 11.5 Å². The highest BCUT2D eigenvalue weighted by atomic mass is 35.5. The third kappa shape index (κ3) is 3.10. The van der Waals surface area contributed by atoms with Crippen LogP contribution in [0.15, 0.2) is 5.16 Å². The summed E-state index contributed by atoms with van der Waals surface area (Å²) in [5.74, 6) is -0.169. The number of carbonyl (C=O) groups is 1. The van der Waals surface area contributed by atoms with Crippen LogP contribution in [0.1, 0.15) is 52.1 Å². The average molecular weight is 413 g/mol. The van der Waals surface area contributed by atoms with Gasteiger partial charge >= 0.3 is 0 Å². The Bertz CT molecular complexity index is 777. The molecular formula is C18H25ClN4O3S. The number of carbonyl (C=O) groups excluding carboxylic acids is 1. The van der Waals surface area contributed by atoms with Crippen LogP contribution in [0, 0.1) is 5.92 Å². The Hall–Kier alpha value is -1.09. The lowest BCUT2D eigenvalue weighted by Crippen LogP contribution is -2.55. The molecule has 1 aromatic heterocycles. The zero-order valence-corrected chi connectivity index (χ0v) is 17.3. The maximum Gasteiger partial charge on any atom is 0.226 e. The molecule has 4 unspecified atom stereocenters. The van der Waals surface area contributed by atoms with Gasteiger partial charge in [0.15, 0.2) is 16.1 Å². The Morgan fingerprint density at radius 1 is 1.33 bits per heavy atom. The van der Waals surface area contributed by atoms with Gasteiger partial charge in [-0.05, 0) is 26.7 Å². The molecule has 9 heteroatoms. The largest absolute Gasteiger partial charge is 0.395 e. The van der Waals surface area contributed by atoms with Crippen molar-refractivity contribution in [1.82, 2.24) is 15.3 Å². The molecule has 1 aliphatic carbocycles. The van der Waals surface area contributed by atoms with Crippen LogP contribution in [0.4, 0.5) is 5.69 Å². The molecule has 3 heterocycles. The summed E-state index contributed by atoms with van der Waals surface area (Å²) in [6.45, 7) is 5.88. The predicted molar refractivity (Wildman–Crippen MR) is 103 cm³/mol. The van der Waals surface area contributed by atoms with Crippen molar-refractivity contribution in [3.63, 3.8) is 0 Å². The minimum atomic E-state index is -0.824. The number of fused-ring (bicyclic) bond motifs is 5. The van der Waals surface area contributed by atoms with E-state index in [1.165, 1.54) is 0 Å². The first-order chi connectivity index (χ1) is 12.8. The van der Waals surface area contributed by atoms with E-state index in [0.29, 0.717) is 23.0 Å². The molecule has 2 aliphatic heterocycles. The summed E-state index contributed by atoms with van der Waals surface area (Å²) in [5, 5.41) is 3.87. The van der Waals surface area contributed by atoms with Crippen molar-refractivity contribution < 1.29 is 14.3 Å². The molecule has 7 nitrogen and oxygen atoms in total. The number of hydrogen-bond acceptors (Lipinski definition) is 7. The van der Waals surface area contributed by atoms with E-state index in [2.05, 4.69) is 17.2 Å². The molecular weight excluding hydrogens is 388 g/mol. The van der Waals surface area contributed by atoms with Crippen molar-refractivity contribution in [2.24, 2.45) is 5.92 Å². The van der Waals surface area contributed by atoms with Crippen LogP contribution in [0.25, 0.3) is 0 Å². The number of rotatable bonds is 6. The lowest BCUT2D eigenvalue weighted by molar-refractivity contribution is -0.160. The van der Waals surface area contributed by atoms with E-state index in [4.69, 9.17) is 31.8 Å². The van der Waals surface area contributed by atoms with Gasteiger partial charge < -0.3 is 20.5 Å². The number of anilines is 1. The topological polar surface area (TPSA) is 99.4 Å². The standard InChI is InChI=1S/C18H25ClN4O3S/c1-4-5-6-7-27-16-21-12(10(20)14(19)22-16)18-8-9(15(24)23-18)11-13(18)26-17(2,3)25-11/h9,11,13H,4-8,20H2,1-3H3,(H,23,24). The summed E-state index contributed by atoms with van der Waals surface area (Å²) in [7, 11) is 0. The van der Waals surface area contributed by atoms with Gasteiger partial charge in [0.2, 0.25) is 5.91 Å². The van der Waals surface area contributed by atoms with E-state index >= 15 is 0 Å². The highest BCUT2D eigenvalue weighted by Crippen LogP contribution is 2.56. The molecule has 0 spiro atoms. The number of hydrogen-bond donors (Lipinski definition) is 2. The number of nitrogens with zero attached hydrogens (tertiary/aromatic N) is 2. The molecule has 3 N–H and O–H groups in total. The fourth-order valence-electron chi connectivity index (χ4n) is 4.35. The van der Waals surface area contributed by atoms with Crippen LogP contribution in [0.2, 0.25) is 5.15 Å². The second-order valence-corrected chi connectivity index (χ2v) is 9.33. The number of amides is 1. The van der Waals surface area contributed by atoms with Crippen LogP contribution < -0.4 is 11.1 Å². The van der Waals surface area contributed by atoms with Gasteiger partial charge in [-0.25, -0.2) is 9.97 Å². The molecule has 0 aromatic carbocycles. The van der Waals surface area contributed by atoms with Gasteiger partial charge in [-0.15, -0.1) is 0 Å². The van der Waals surface area contributed by atoms with Crippen LogP contribution >= 0.6 is 23.4 Å². The summed E-state index contributed by atoms with van der Waals surface area (Å²) in [5.41, 5.74) is 6.29. The number of nitrogens with one attached hydrogen (secondary N) is 1. The van der Waals surface area contributed by atoms with Crippen LogP contribution in [0.3, 0.4) is 0 Å². The molecule has 4 rings (SSSR count). The molecule has 3 fully saturated rings. The summed E-state index contributed by atoms with van der Waals surface area (Å²) in [6, 6.07) is 0. The Balaban J connectivity index is 1.69. The van der Waals surface area contributed by atoms with E-state index in [1.807, 2.05) is 13.8 Å². The number of unbranched alkanes of at least 4 members (excludes halogenated alkanes) is 2. The third-order valence-corrected chi connectivity index (χ3v) is 6.74. The Morgan fingerprint density at radius 3 is 2.85 bits per heavy atom. The van der Waals surface area contributed by atoms with Crippen LogP contribution in [0.5, 0.6) is 0 Å².